The van der Waals surface area contributed by atoms with Crippen molar-refractivity contribution in [2.45, 2.75) is 13.8 Å². The molecule has 23 heavy (non-hydrogen) atoms. The van der Waals surface area contributed by atoms with Crippen LogP contribution in [0.25, 0.3) is 0 Å². The van der Waals surface area contributed by atoms with Crippen molar-refractivity contribution in [1.82, 2.24) is 10.2 Å². The smallest absolute Gasteiger partial charge is 0.254 e. The topological polar surface area (TPSA) is 70.7 Å². The van der Waals surface area contributed by atoms with E-state index in [4.69, 9.17) is 4.74 Å². The van der Waals surface area contributed by atoms with Gasteiger partial charge in [0.2, 0.25) is 5.91 Å². The summed E-state index contributed by atoms with van der Waals surface area (Å²) in [6, 6.07) is 5.44. The molecule has 0 aliphatic carbocycles. The van der Waals surface area contributed by atoms with Gasteiger partial charge in [-0.05, 0) is 31.7 Å². The summed E-state index contributed by atoms with van der Waals surface area (Å²) < 4.78 is 5.28. The molecule has 1 aromatic carbocycles. The first-order valence-corrected chi connectivity index (χ1v) is 7.96. The highest BCUT2D eigenvalue weighted by Gasteiger charge is 2.21. The van der Waals surface area contributed by atoms with Crippen molar-refractivity contribution in [1.29, 1.82) is 0 Å². The van der Waals surface area contributed by atoms with E-state index in [1.165, 1.54) is 0 Å². The number of morpholine rings is 1. The molecule has 1 unspecified atom stereocenters. The SMILES string of the molecule is CNCC(C)C(=O)Nc1cccc(C(=O)N2CCOCC2)c1C. The van der Waals surface area contributed by atoms with E-state index in [1.54, 1.807) is 17.0 Å². The summed E-state index contributed by atoms with van der Waals surface area (Å²) in [5, 5.41) is 5.91. The Kier molecular flexibility index (Phi) is 6.12. The number of benzene rings is 1. The molecule has 2 amide bonds. The number of amides is 2. The van der Waals surface area contributed by atoms with E-state index in [-0.39, 0.29) is 17.7 Å². The normalized spacial score (nSPS) is 16.0. The summed E-state index contributed by atoms with van der Waals surface area (Å²) in [7, 11) is 1.82. The molecule has 0 bridgehead atoms. The quantitative estimate of drug-likeness (QED) is 0.857. The van der Waals surface area contributed by atoms with E-state index in [9.17, 15) is 9.59 Å². The molecule has 6 nitrogen and oxygen atoms in total. The van der Waals surface area contributed by atoms with Gasteiger partial charge in [0.05, 0.1) is 13.2 Å². The van der Waals surface area contributed by atoms with Gasteiger partial charge in [0, 0.05) is 36.8 Å². The standard InChI is InChI=1S/C17H25N3O3/c1-12(11-18-3)16(21)19-15-6-4-5-14(13(15)2)17(22)20-7-9-23-10-8-20/h4-6,12,18H,7-11H2,1-3H3,(H,19,21). The minimum atomic E-state index is -0.141. The fourth-order valence-corrected chi connectivity index (χ4v) is 2.59. The molecule has 1 atom stereocenters. The van der Waals surface area contributed by atoms with Gasteiger partial charge in [0.15, 0.2) is 0 Å². The minimum Gasteiger partial charge on any atom is -0.378 e. The van der Waals surface area contributed by atoms with E-state index in [0.29, 0.717) is 44.1 Å². The van der Waals surface area contributed by atoms with Crippen molar-refractivity contribution in [2.75, 3.05) is 45.2 Å². The molecular weight excluding hydrogens is 294 g/mol. The zero-order chi connectivity index (χ0) is 16.8. The van der Waals surface area contributed by atoms with Crippen LogP contribution in [0.1, 0.15) is 22.8 Å². The maximum Gasteiger partial charge on any atom is 0.254 e. The Morgan fingerprint density at radius 3 is 2.65 bits per heavy atom. The number of carbonyl (C=O) groups excluding carboxylic acids is 2. The van der Waals surface area contributed by atoms with Crippen molar-refractivity contribution >= 4 is 17.5 Å². The monoisotopic (exact) mass is 319 g/mol. The Bertz CT molecular complexity index is 568. The zero-order valence-electron chi connectivity index (χ0n) is 14.0. The lowest BCUT2D eigenvalue weighted by Crippen LogP contribution is -2.41. The van der Waals surface area contributed by atoms with Crippen LogP contribution < -0.4 is 10.6 Å². The maximum absolute atomic E-state index is 12.6. The van der Waals surface area contributed by atoms with Crippen molar-refractivity contribution in [3.05, 3.63) is 29.3 Å². The van der Waals surface area contributed by atoms with E-state index < -0.39 is 0 Å². The third-order valence-corrected chi connectivity index (χ3v) is 4.08. The molecular formula is C17H25N3O3. The molecule has 0 radical (unpaired) electrons. The summed E-state index contributed by atoms with van der Waals surface area (Å²) in [6.07, 6.45) is 0. The summed E-state index contributed by atoms with van der Waals surface area (Å²) >= 11 is 0. The molecule has 1 aliphatic heterocycles. The van der Waals surface area contributed by atoms with Crippen molar-refractivity contribution in [2.24, 2.45) is 5.92 Å². The van der Waals surface area contributed by atoms with Gasteiger partial charge in [0.1, 0.15) is 0 Å². The van der Waals surface area contributed by atoms with Gasteiger partial charge in [-0.25, -0.2) is 0 Å². The van der Waals surface area contributed by atoms with Gasteiger partial charge in [0.25, 0.3) is 5.91 Å². The average molecular weight is 319 g/mol. The van der Waals surface area contributed by atoms with Gasteiger partial charge in [-0.1, -0.05) is 13.0 Å². The van der Waals surface area contributed by atoms with Crippen LogP contribution in [-0.4, -0.2) is 56.6 Å². The van der Waals surface area contributed by atoms with Gasteiger partial charge >= 0.3 is 0 Å². The molecule has 0 spiro atoms. The van der Waals surface area contributed by atoms with Crippen molar-refractivity contribution < 1.29 is 14.3 Å². The molecule has 1 fully saturated rings. The molecule has 1 saturated heterocycles. The van der Waals surface area contributed by atoms with E-state index >= 15 is 0 Å². The molecule has 1 heterocycles. The fourth-order valence-electron chi connectivity index (χ4n) is 2.59. The fraction of sp³-hybridized carbons (Fsp3) is 0.529. The Morgan fingerprint density at radius 2 is 2.00 bits per heavy atom. The van der Waals surface area contributed by atoms with E-state index in [2.05, 4.69) is 10.6 Å². The molecule has 2 N–H and O–H groups in total. The Labute approximate surface area is 137 Å². The second-order valence-electron chi connectivity index (χ2n) is 5.83. The van der Waals surface area contributed by atoms with Crippen LogP contribution in [0.3, 0.4) is 0 Å². The van der Waals surface area contributed by atoms with Gasteiger partial charge in [-0.3, -0.25) is 9.59 Å². The number of hydrogen-bond acceptors (Lipinski definition) is 4. The van der Waals surface area contributed by atoms with Crippen LogP contribution in [0.15, 0.2) is 18.2 Å². The largest absolute Gasteiger partial charge is 0.378 e. The first kappa shape index (κ1) is 17.4. The average Bonchev–Trinajstić information content (AvgIpc) is 2.57. The number of rotatable bonds is 5. The lowest BCUT2D eigenvalue weighted by atomic mass is 10.0. The first-order valence-electron chi connectivity index (χ1n) is 7.96. The van der Waals surface area contributed by atoms with E-state index in [1.807, 2.05) is 27.0 Å². The van der Waals surface area contributed by atoms with E-state index in [0.717, 1.165) is 5.56 Å². The summed E-state index contributed by atoms with van der Waals surface area (Å²) in [5.41, 5.74) is 2.12. The Morgan fingerprint density at radius 1 is 1.30 bits per heavy atom. The predicted octanol–water partition coefficient (Wildman–Crippen LogP) is 1.26. The predicted molar refractivity (Wildman–Crippen MR) is 89.6 cm³/mol. The lowest BCUT2D eigenvalue weighted by molar-refractivity contribution is -0.119. The second kappa shape index (κ2) is 8.08. The van der Waals surface area contributed by atoms with Crippen LogP contribution in [-0.2, 0) is 9.53 Å². The molecule has 1 aliphatic rings. The molecule has 126 valence electrons. The highest BCUT2D eigenvalue weighted by atomic mass is 16.5. The third-order valence-electron chi connectivity index (χ3n) is 4.08. The van der Waals surface area contributed by atoms with Crippen molar-refractivity contribution in [3.63, 3.8) is 0 Å². The third kappa shape index (κ3) is 4.30. The van der Waals surface area contributed by atoms with Crippen LogP contribution in [0.2, 0.25) is 0 Å². The number of carbonyl (C=O) groups is 2. The molecule has 0 aromatic heterocycles. The second-order valence-corrected chi connectivity index (χ2v) is 5.83. The van der Waals surface area contributed by atoms with Crippen LogP contribution in [0.5, 0.6) is 0 Å². The minimum absolute atomic E-state index is 0.00910. The van der Waals surface area contributed by atoms with Crippen LogP contribution in [0.4, 0.5) is 5.69 Å². The number of nitrogens with one attached hydrogen (secondary N) is 2. The van der Waals surface area contributed by atoms with Crippen molar-refractivity contribution in [3.8, 4) is 0 Å². The molecule has 1 aromatic rings. The number of nitrogens with zero attached hydrogens (tertiary/aromatic N) is 1. The lowest BCUT2D eigenvalue weighted by Gasteiger charge is -2.27. The molecule has 6 heteroatoms. The van der Waals surface area contributed by atoms with Gasteiger partial charge in [-0.15, -0.1) is 0 Å². The number of hydrogen-bond donors (Lipinski definition) is 2. The first-order chi connectivity index (χ1) is 11.0. The maximum atomic E-state index is 12.6. The number of ether oxygens (including phenoxy) is 1. The highest BCUT2D eigenvalue weighted by Crippen LogP contribution is 2.21. The number of anilines is 1. The Hall–Kier alpha value is -1.92. The van der Waals surface area contributed by atoms with Gasteiger partial charge < -0.3 is 20.3 Å². The van der Waals surface area contributed by atoms with Gasteiger partial charge in [-0.2, -0.15) is 0 Å². The highest BCUT2D eigenvalue weighted by molar-refractivity contribution is 5.99. The van der Waals surface area contributed by atoms with Crippen LogP contribution in [0, 0.1) is 12.8 Å². The summed E-state index contributed by atoms with van der Waals surface area (Å²) in [6.45, 7) is 6.70. The Balaban J connectivity index is 2.14. The molecule has 2 rings (SSSR count). The summed E-state index contributed by atoms with van der Waals surface area (Å²) in [5.74, 6) is -0.207. The summed E-state index contributed by atoms with van der Waals surface area (Å²) in [4.78, 5) is 26.6. The van der Waals surface area contributed by atoms with Crippen LogP contribution >= 0.6 is 0 Å². The molecule has 0 saturated carbocycles. The zero-order valence-corrected chi connectivity index (χ0v) is 14.0.